The summed E-state index contributed by atoms with van der Waals surface area (Å²) in [6.07, 6.45) is 0.657. The third-order valence-electron chi connectivity index (χ3n) is 2.69. The lowest BCUT2D eigenvalue weighted by Gasteiger charge is -2.19. The van der Waals surface area contributed by atoms with Gasteiger partial charge in [0.2, 0.25) is 0 Å². The van der Waals surface area contributed by atoms with E-state index in [1.807, 2.05) is 20.8 Å². The molecule has 0 aromatic heterocycles. The van der Waals surface area contributed by atoms with E-state index in [0.29, 0.717) is 38.1 Å². The lowest BCUT2D eigenvalue weighted by molar-refractivity contribution is 0.0529. The van der Waals surface area contributed by atoms with Crippen molar-refractivity contribution in [2.75, 3.05) is 39.9 Å². The van der Waals surface area contributed by atoms with E-state index in [1.54, 1.807) is 7.05 Å². The third kappa shape index (κ3) is 15.2. The van der Waals surface area contributed by atoms with Gasteiger partial charge in [0.15, 0.2) is 5.96 Å². The van der Waals surface area contributed by atoms with Gasteiger partial charge in [-0.05, 0) is 33.1 Å². The predicted molar refractivity (Wildman–Crippen MR) is 93.9 cm³/mol. The van der Waals surface area contributed by atoms with Crippen molar-refractivity contribution >= 4 is 12.1 Å². The van der Waals surface area contributed by atoms with Crippen LogP contribution in [0.1, 0.15) is 41.0 Å². The number of hydrogen-bond acceptors (Lipinski definition) is 4. The largest absolute Gasteiger partial charge is 0.444 e. The predicted octanol–water partition coefficient (Wildman–Crippen LogP) is 1.74. The van der Waals surface area contributed by atoms with E-state index in [4.69, 9.17) is 9.47 Å². The quantitative estimate of drug-likeness (QED) is 0.341. The zero-order chi connectivity index (χ0) is 17.7. The molecule has 23 heavy (non-hydrogen) atoms. The van der Waals surface area contributed by atoms with E-state index < -0.39 is 11.7 Å². The van der Waals surface area contributed by atoms with Crippen molar-refractivity contribution in [3.63, 3.8) is 0 Å². The first-order valence-corrected chi connectivity index (χ1v) is 8.23. The molecule has 1 amide bonds. The minimum Gasteiger partial charge on any atom is -0.444 e. The monoisotopic (exact) mass is 330 g/mol. The van der Waals surface area contributed by atoms with Gasteiger partial charge >= 0.3 is 6.09 Å². The summed E-state index contributed by atoms with van der Waals surface area (Å²) in [5, 5.41) is 8.95. The summed E-state index contributed by atoms with van der Waals surface area (Å²) in [5.74, 6) is 1.35. The van der Waals surface area contributed by atoms with Crippen LogP contribution in [-0.2, 0) is 9.47 Å². The average molecular weight is 330 g/mol. The first-order chi connectivity index (χ1) is 10.7. The lowest BCUT2D eigenvalue weighted by atomic mass is 10.1. The normalized spacial score (nSPS) is 12.2. The highest BCUT2D eigenvalue weighted by Crippen LogP contribution is 2.05. The number of rotatable bonds is 9. The van der Waals surface area contributed by atoms with Gasteiger partial charge in [0.25, 0.3) is 0 Å². The molecule has 0 aliphatic carbocycles. The molecule has 0 fully saturated rings. The highest BCUT2D eigenvalue weighted by molar-refractivity contribution is 5.79. The SMILES string of the molecule is CN=C(NCCNC(=O)OC(C)(C)C)NCCOCCC(C)C. The molecule has 0 aliphatic rings. The molecular formula is C16H34N4O3. The first-order valence-electron chi connectivity index (χ1n) is 8.23. The Kier molecular flexibility index (Phi) is 11.2. The van der Waals surface area contributed by atoms with Crippen LogP contribution in [0.25, 0.3) is 0 Å². The second kappa shape index (κ2) is 12.0. The van der Waals surface area contributed by atoms with Crippen molar-refractivity contribution in [3.8, 4) is 0 Å². The van der Waals surface area contributed by atoms with Gasteiger partial charge in [0.1, 0.15) is 5.60 Å². The molecular weight excluding hydrogens is 296 g/mol. The molecule has 0 aliphatic heterocycles. The molecule has 0 atom stereocenters. The van der Waals surface area contributed by atoms with Gasteiger partial charge in [-0.1, -0.05) is 13.8 Å². The fraction of sp³-hybridized carbons (Fsp3) is 0.875. The molecule has 0 spiro atoms. The number of alkyl carbamates (subject to hydrolysis) is 1. The first kappa shape index (κ1) is 21.5. The van der Waals surface area contributed by atoms with Crippen molar-refractivity contribution in [1.29, 1.82) is 0 Å². The number of amides is 1. The van der Waals surface area contributed by atoms with Crippen LogP contribution in [-0.4, -0.2) is 57.5 Å². The summed E-state index contributed by atoms with van der Waals surface area (Å²) in [6.45, 7) is 13.0. The number of nitrogens with one attached hydrogen (secondary N) is 3. The van der Waals surface area contributed by atoms with Crippen molar-refractivity contribution in [1.82, 2.24) is 16.0 Å². The van der Waals surface area contributed by atoms with Crippen molar-refractivity contribution < 1.29 is 14.3 Å². The summed E-state index contributed by atoms with van der Waals surface area (Å²) in [7, 11) is 1.70. The number of carbonyl (C=O) groups excluding carboxylic acids is 1. The molecule has 0 unspecified atom stereocenters. The van der Waals surface area contributed by atoms with Crippen LogP contribution < -0.4 is 16.0 Å². The molecule has 0 saturated carbocycles. The Morgan fingerprint density at radius 1 is 1.04 bits per heavy atom. The van der Waals surface area contributed by atoms with Gasteiger partial charge in [-0.2, -0.15) is 0 Å². The van der Waals surface area contributed by atoms with E-state index in [9.17, 15) is 4.79 Å². The highest BCUT2D eigenvalue weighted by atomic mass is 16.6. The van der Waals surface area contributed by atoms with Crippen LogP contribution >= 0.6 is 0 Å². The molecule has 0 saturated heterocycles. The summed E-state index contributed by atoms with van der Waals surface area (Å²) in [5.41, 5.74) is -0.481. The number of nitrogens with zero attached hydrogens (tertiary/aromatic N) is 1. The summed E-state index contributed by atoms with van der Waals surface area (Å²) >= 11 is 0. The summed E-state index contributed by atoms with van der Waals surface area (Å²) < 4.78 is 10.7. The molecule has 7 nitrogen and oxygen atoms in total. The Balaban J connectivity index is 3.65. The maximum atomic E-state index is 11.5. The van der Waals surface area contributed by atoms with E-state index in [0.717, 1.165) is 13.0 Å². The maximum absolute atomic E-state index is 11.5. The smallest absolute Gasteiger partial charge is 0.407 e. The molecule has 0 rings (SSSR count). The topological polar surface area (TPSA) is 84.0 Å². The van der Waals surface area contributed by atoms with Crippen molar-refractivity contribution in [3.05, 3.63) is 0 Å². The van der Waals surface area contributed by atoms with Crippen LogP contribution in [0.4, 0.5) is 4.79 Å². The van der Waals surface area contributed by atoms with Gasteiger partial charge in [-0.3, -0.25) is 4.99 Å². The van der Waals surface area contributed by atoms with E-state index in [-0.39, 0.29) is 0 Å². The summed E-state index contributed by atoms with van der Waals surface area (Å²) in [4.78, 5) is 15.6. The third-order valence-corrected chi connectivity index (χ3v) is 2.69. The molecule has 0 radical (unpaired) electrons. The Bertz CT molecular complexity index is 352. The van der Waals surface area contributed by atoms with Gasteiger partial charge < -0.3 is 25.4 Å². The summed E-state index contributed by atoms with van der Waals surface area (Å²) in [6, 6.07) is 0. The van der Waals surface area contributed by atoms with E-state index >= 15 is 0 Å². The van der Waals surface area contributed by atoms with Gasteiger partial charge in [-0.15, -0.1) is 0 Å². The van der Waals surface area contributed by atoms with E-state index in [2.05, 4.69) is 34.8 Å². The van der Waals surface area contributed by atoms with Crippen LogP contribution in [0, 0.1) is 5.92 Å². The molecule has 3 N–H and O–H groups in total. The maximum Gasteiger partial charge on any atom is 0.407 e. The fourth-order valence-electron chi connectivity index (χ4n) is 1.54. The number of ether oxygens (including phenoxy) is 2. The minimum atomic E-state index is -0.481. The minimum absolute atomic E-state index is 0.416. The second-order valence-electron chi connectivity index (χ2n) is 6.65. The number of guanidine groups is 1. The van der Waals surface area contributed by atoms with Gasteiger partial charge in [-0.25, -0.2) is 4.79 Å². The number of hydrogen-bond donors (Lipinski definition) is 3. The Hall–Kier alpha value is -1.50. The van der Waals surface area contributed by atoms with Crippen LogP contribution in [0.15, 0.2) is 4.99 Å². The Morgan fingerprint density at radius 2 is 1.65 bits per heavy atom. The van der Waals surface area contributed by atoms with Gasteiger partial charge in [0.05, 0.1) is 6.61 Å². The molecule has 0 aromatic rings. The highest BCUT2D eigenvalue weighted by Gasteiger charge is 2.15. The lowest BCUT2D eigenvalue weighted by Crippen LogP contribution is -2.43. The van der Waals surface area contributed by atoms with Crippen LogP contribution in [0.5, 0.6) is 0 Å². The molecule has 0 bridgehead atoms. The molecule has 136 valence electrons. The fourth-order valence-corrected chi connectivity index (χ4v) is 1.54. The number of aliphatic imine (C=N–C) groups is 1. The standard InChI is InChI=1S/C16H34N4O3/c1-13(2)7-11-22-12-10-19-14(17-6)18-8-9-20-15(21)23-16(3,4)5/h13H,7-12H2,1-6H3,(H,20,21)(H2,17,18,19). The zero-order valence-corrected chi connectivity index (χ0v) is 15.5. The van der Waals surface area contributed by atoms with Crippen molar-refractivity contribution in [2.24, 2.45) is 10.9 Å². The Morgan fingerprint density at radius 3 is 2.22 bits per heavy atom. The second-order valence-corrected chi connectivity index (χ2v) is 6.65. The van der Waals surface area contributed by atoms with Crippen LogP contribution in [0.2, 0.25) is 0 Å². The molecule has 7 heteroatoms. The van der Waals surface area contributed by atoms with Crippen molar-refractivity contribution in [2.45, 2.75) is 46.6 Å². The average Bonchev–Trinajstić information content (AvgIpc) is 2.42. The Labute approximate surface area is 140 Å². The number of carbonyl (C=O) groups is 1. The van der Waals surface area contributed by atoms with Crippen LogP contribution in [0.3, 0.4) is 0 Å². The van der Waals surface area contributed by atoms with E-state index in [1.165, 1.54) is 0 Å². The van der Waals surface area contributed by atoms with Gasteiger partial charge in [0, 0.05) is 33.3 Å². The zero-order valence-electron chi connectivity index (χ0n) is 15.5. The molecule has 0 aromatic carbocycles. The molecule has 0 heterocycles.